The van der Waals surface area contributed by atoms with E-state index < -0.39 is 0 Å². The number of nitrogens with zero attached hydrogens (tertiary/aromatic N) is 3. The van der Waals surface area contributed by atoms with Gasteiger partial charge in [0.1, 0.15) is 0 Å². The van der Waals surface area contributed by atoms with Crippen molar-refractivity contribution in [1.82, 2.24) is 5.01 Å². The van der Waals surface area contributed by atoms with E-state index in [0.717, 1.165) is 23.2 Å². The molecule has 0 fully saturated rings. The van der Waals surface area contributed by atoms with Crippen LogP contribution in [0.2, 0.25) is 0 Å². The molecule has 0 aromatic carbocycles. The van der Waals surface area contributed by atoms with Crippen LogP contribution in [-0.2, 0) is 4.79 Å². The molecule has 0 radical (unpaired) electrons. The number of thioether (sulfide) groups is 1. The molecule has 0 N–H and O–H groups in total. The molecule has 5 heteroatoms. The number of aliphatic imine (C=N–C) groups is 1. The average molecular weight is 183 g/mol. The standard InChI is InChI=1S/C7H9N3OS/c1-5-9-10-4-2-3-6(11)8-7(10)12-5/h2-4H2,1H3. The number of rotatable bonds is 0. The summed E-state index contributed by atoms with van der Waals surface area (Å²) in [5.74, 6) is -0.0232. The highest BCUT2D eigenvalue weighted by Gasteiger charge is 2.23. The Labute approximate surface area is 74.7 Å². The highest BCUT2D eigenvalue weighted by atomic mass is 32.2. The Balaban J connectivity index is 2.25. The molecule has 0 bridgehead atoms. The topological polar surface area (TPSA) is 45.0 Å². The van der Waals surface area contributed by atoms with Crippen molar-refractivity contribution in [2.45, 2.75) is 19.8 Å². The van der Waals surface area contributed by atoms with Crippen molar-refractivity contribution in [3.63, 3.8) is 0 Å². The van der Waals surface area contributed by atoms with Crippen molar-refractivity contribution in [2.24, 2.45) is 10.1 Å². The van der Waals surface area contributed by atoms with E-state index in [1.807, 2.05) is 11.9 Å². The van der Waals surface area contributed by atoms with E-state index in [9.17, 15) is 4.79 Å². The maximum Gasteiger partial charge on any atom is 0.248 e. The van der Waals surface area contributed by atoms with Gasteiger partial charge in [0.25, 0.3) is 0 Å². The summed E-state index contributed by atoms with van der Waals surface area (Å²) in [5, 5.41) is 7.75. The summed E-state index contributed by atoms with van der Waals surface area (Å²) in [7, 11) is 0. The molecular weight excluding hydrogens is 174 g/mol. The predicted octanol–water partition coefficient (Wildman–Crippen LogP) is 1.04. The van der Waals surface area contributed by atoms with Crippen LogP contribution < -0.4 is 0 Å². The maximum atomic E-state index is 11.1. The molecule has 0 spiro atoms. The third-order valence-electron chi connectivity index (χ3n) is 1.70. The lowest BCUT2D eigenvalue weighted by atomic mass is 10.3. The van der Waals surface area contributed by atoms with Crippen LogP contribution >= 0.6 is 11.8 Å². The van der Waals surface area contributed by atoms with Crippen LogP contribution in [0.4, 0.5) is 0 Å². The highest BCUT2D eigenvalue weighted by molar-refractivity contribution is 8.26. The van der Waals surface area contributed by atoms with Crippen LogP contribution in [0.15, 0.2) is 10.1 Å². The lowest BCUT2D eigenvalue weighted by Crippen LogP contribution is -2.18. The van der Waals surface area contributed by atoms with Crippen LogP contribution in [0.1, 0.15) is 19.8 Å². The number of hydrazone groups is 1. The van der Waals surface area contributed by atoms with Gasteiger partial charge in [-0.15, -0.1) is 0 Å². The SMILES string of the molecule is CC1=NN2CCCC(=O)N=C2S1. The highest BCUT2D eigenvalue weighted by Crippen LogP contribution is 2.23. The van der Waals surface area contributed by atoms with E-state index in [0.29, 0.717) is 6.42 Å². The normalized spacial score (nSPS) is 23.1. The Kier molecular flexibility index (Phi) is 1.88. The molecule has 2 heterocycles. The van der Waals surface area contributed by atoms with Gasteiger partial charge in [-0.1, -0.05) is 0 Å². The van der Waals surface area contributed by atoms with Gasteiger partial charge in [0.05, 0.1) is 5.04 Å². The van der Waals surface area contributed by atoms with Crippen LogP contribution in [-0.4, -0.2) is 27.7 Å². The van der Waals surface area contributed by atoms with Gasteiger partial charge in [-0.05, 0) is 25.1 Å². The summed E-state index contributed by atoms with van der Waals surface area (Å²) >= 11 is 1.47. The van der Waals surface area contributed by atoms with Gasteiger partial charge in [0, 0.05) is 13.0 Å². The summed E-state index contributed by atoms with van der Waals surface area (Å²) < 4.78 is 0. The molecule has 12 heavy (non-hydrogen) atoms. The molecule has 2 aliphatic heterocycles. The smallest absolute Gasteiger partial charge is 0.248 e. The minimum atomic E-state index is -0.0232. The molecule has 0 aliphatic carbocycles. The van der Waals surface area contributed by atoms with E-state index >= 15 is 0 Å². The van der Waals surface area contributed by atoms with E-state index in [2.05, 4.69) is 10.1 Å². The third-order valence-corrected chi connectivity index (χ3v) is 2.56. The first-order valence-electron chi connectivity index (χ1n) is 3.88. The number of amides is 1. The van der Waals surface area contributed by atoms with Gasteiger partial charge in [0.15, 0.2) is 5.17 Å². The molecule has 0 unspecified atom stereocenters. The summed E-state index contributed by atoms with van der Waals surface area (Å²) in [6.45, 7) is 2.74. The molecular formula is C7H9N3OS. The molecule has 0 atom stereocenters. The van der Waals surface area contributed by atoms with Crippen molar-refractivity contribution in [3.05, 3.63) is 0 Å². The molecule has 4 nitrogen and oxygen atoms in total. The Bertz CT molecular complexity index is 284. The first-order valence-corrected chi connectivity index (χ1v) is 4.69. The molecule has 1 amide bonds. The summed E-state index contributed by atoms with van der Waals surface area (Å²) in [5.41, 5.74) is 0. The first kappa shape index (κ1) is 7.79. The summed E-state index contributed by atoms with van der Waals surface area (Å²) in [6, 6.07) is 0. The van der Waals surface area contributed by atoms with Crippen LogP contribution in [0.3, 0.4) is 0 Å². The van der Waals surface area contributed by atoms with E-state index in [1.165, 1.54) is 11.8 Å². The zero-order valence-electron chi connectivity index (χ0n) is 6.78. The lowest BCUT2D eigenvalue weighted by molar-refractivity contribution is -0.117. The lowest BCUT2D eigenvalue weighted by Gasteiger charge is -2.09. The first-order chi connectivity index (χ1) is 5.75. The fraction of sp³-hybridized carbons (Fsp3) is 0.571. The fourth-order valence-corrected chi connectivity index (χ4v) is 1.98. The second-order valence-electron chi connectivity index (χ2n) is 2.74. The molecule has 0 aromatic rings. The Hall–Kier alpha value is -0.840. The number of hydrogen-bond acceptors (Lipinski definition) is 4. The number of carbonyl (C=O) groups is 1. The largest absolute Gasteiger partial charge is 0.273 e. The van der Waals surface area contributed by atoms with Crippen molar-refractivity contribution >= 4 is 27.9 Å². The zero-order valence-corrected chi connectivity index (χ0v) is 7.60. The van der Waals surface area contributed by atoms with E-state index in [4.69, 9.17) is 0 Å². The van der Waals surface area contributed by atoms with Crippen LogP contribution in [0, 0.1) is 0 Å². The fourth-order valence-electron chi connectivity index (χ4n) is 1.19. The van der Waals surface area contributed by atoms with Crippen LogP contribution in [0.5, 0.6) is 0 Å². The number of amidine groups is 1. The van der Waals surface area contributed by atoms with E-state index in [-0.39, 0.29) is 5.91 Å². The molecule has 64 valence electrons. The Morgan fingerprint density at radius 1 is 1.58 bits per heavy atom. The average Bonchev–Trinajstić information content (AvgIpc) is 2.23. The maximum absolute atomic E-state index is 11.1. The van der Waals surface area contributed by atoms with Gasteiger partial charge >= 0.3 is 0 Å². The zero-order chi connectivity index (χ0) is 8.55. The van der Waals surface area contributed by atoms with Crippen molar-refractivity contribution < 1.29 is 4.79 Å². The number of hydrogen-bond donors (Lipinski definition) is 0. The van der Waals surface area contributed by atoms with Gasteiger partial charge in [-0.3, -0.25) is 4.79 Å². The van der Waals surface area contributed by atoms with Crippen molar-refractivity contribution in [2.75, 3.05) is 6.54 Å². The molecule has 0 aromatic heterocycles. The molecule has 0 saturated carbocycles. The summed E-state index contributed by atoms with van der Waals surface area (Å²) in [4.78, 5) is 15.0. The molecule has 0 saturated heterocycles. The van der Waals surface area contributed by atoms with E-state index in [1.54, 1.807) is 0 Å². The molecule has 2 rings (SSSR count). The quantitative estimate of drug-likeness (QED) is 0.563. The third kappa shape index (κ3) is 1.36. The Morgan fingerprint density at radius 2 is 2.42 bits per heavy atom. The van der Waals surface area contributed by atoms with Crippen LogP contribution in [0.25, 0.3) is 0 Å². The second-order valence-corrected chi connectivity index (χ2v) is 3.90. The van der Waals surface area contributed by atoms with Gasteiger partial charge < -0.3 is 0 Å². The second kappa shape index (κ2) is 2.90. The minimum Gasteiger partial charge on any atom is -0.273 e. The molecule has 2 aliphatic rings. The van der Waals surface area contributed by atoms with Gasteiger partial charge in [0.2, 0.25) is 5.91 Å². The monoisotopic (exact) mass is 183 g/mol. The van der Waals surface area contributed by atoms with Gasteiger partial charge in [-0.25, -0.2) is 5.01 Å². The Morgan fingerprint density at radius 3 is 3.25 bits per heavy atom. The minimum absolute atomic E-state index is 0.0232. The predicted molar refractivity (Wildman–Crippen MR) is 49.1 cm³/mol. The summed E-state index contributed by atoms with van der Waals surface area (Å²) in [6.07, 6.45) is 1.40. The van der Waals surface area contributed by atoms with Crippen molar-refractivity contribution in [3.8, 4) is 0 Å². The number of fused-ring (bicyclic) bond motifs is 1. The van der Waals surface area contributed by atoms with Gasteiger partial charge in [-0.2, -0.15) is 10.1 Å². The number of carbonyl (C=O) groups excluding carboxylic acids is 1. The van der Waals surface area contributed by atoms with Crippen molar-refractivity contribution in [1.29, 1.82) is 0 Å².